The molecule has 0 saturated carbocycles. The van der Waals surface area contributed by atoms with Crippen LogP contribution < -0.4 is 10.2 Å². The summed E-state index contributed by atoms with van der Waals surface area (Å²) in [5.41, 5.74) is 4.04. The van der Waals surface area contributed by atoms with Crippen LogP contribution in [0.1, 0.15) is 25.1 Å². The predicted molar refractivity (Wildman–Crippen MR) is 140 cm³/mol. The first-order valence-corrected chi connectivity index (χ1v) is 12.4. The molecule has 1 unspecified atom stereocenters. The lowest BCUT2D eigenvalue weighted by Crippen LogP contribution is -2.38. The van der Waals surface area contributed by atoms with Gasteiger partial charge in [-0.3, -0.25) is 4.98 Å². The highest BCUT2D eigenvalue weighted by atomic mass is 19.4. The molecule has 3 aromatic heterocycles. The molecule has 4 heterocycles. The molecule has 1 aliphatic rings. The maximum Gasteiger partial charge on any atom is 0.408 e. The number of nitrogens with zero attached hydrogens (tertiary/aromatic N) is 4. The van der Waals surface area contributed by atoms with Crippen LogP contribution in [0.2, 0.25) is 0 Å². The topological polar surface area (TPSA) is 79.0 Å². The second kappa shape index (κ2) is 11.6. The number of alkyl halides is 3. The van der Waals surface area contributed by atoms with Crippen LogP contribution in [-0.2, 0) is 11.2 Å². The molecule has 0 spiro atoms. The molecule has 37 heavy (non-hydrogen) atoms. The van der Waals surface area contributed by atoms with E-state index < -0.39 is 12.2 Å². The number of fused-ring (bicyclic) bond motifs is 1. The Hall–Kier alpha value is -3.66. The molecule has 1 saturated heterocycles. The van der Waals surface area contributed by atoms with Crippen LogP contribution in [0, 0.1) is 6.92 Å². The lowest BCUT2D eigenvalue weighted by molar-refractivity contribution is -0.142. The normalized spacial score (nSPS) is 14.7. The number of pyridine rings is 1. The highest BCUT2D eigenvalue weighted by molar-refractivity contribution is 5.92. The highest BCUT2D eigenvalue weighted by Crippen LogP contribution is 2.31. The molecule has 1 fully saturated rings. The molecule has 0 amide bonds. The van der Waals surface area contributed by atoms with Crippen molar-refractivity contribution in [3.8, 4) is 11.3 Å². The predicted octanol–water partition coefficient (Wildman–Crippen LogP) is 5.78. The minimum atomic E-state index is -4.42. The van der Waals surface area contributed by atoms with Crippen molar-refractivity contribution in [3.05, 3.63) is 66.2 Å². The Morgan fingerprint density at radius 3 is 2.41 bits per heavy atom. The zero-order valence-electron chi connectivity index (χ0n) is 21.1. The average molecular weight is 513 g/mol. The molecule has 0 bridgehead atoms. The Kier molecular flexibility index (Phi) is 8.27. The molecule has 196 valence electrons. The lowest BCUT2D eigenvalue weighted by atomic mass is 10.1. The summed E-state index contributed by atoms with van der Waals surface area (Å²) in [4.78, 5) is 18.4. The number of halogens is 3. The van der Waals surface area contributed by atoms with Crippen LogP contribution in [0.3, 0.4) is 0 Å². The van der Waals surface area contributed by atoms with Crippen LogP contribution >= 0.6 is 0 Å². The Morgan fingerprint density at radius 2 is 1.76 bits per heavy atom. The van der Waals surface area contributed by atoms with Crippen molar-refractivity contribution in [2.75, 3.05) is 36.5 Å². The SMILES string of the molecule is CC.Cc1ccc(CC(Nc2ccc(-c3cc4c(N5CCOCC5)ncnc4[nH]3)cc2)C(F)(F)F)nc1. The first kappa shape index (κ1) is 26.4. The molecule has 1 atom stereocenters. The Labute approximate surface area is 214 Å². The Morgan fingerprint density at radius 1 is 1.03 bits per heavy atom. The summed E-state index contributed by atoms with van der Waals surface area (Å²) in [5, 5.41) is 3.52. The molecule has 7 nitrogen and oxygen atoms in total. The zero-order chi connectivity index (χ0) is 26.4. The zero-order valence-corrected chi connectivity index (χ0v) is 21.1. The fraction of sp³-hybridized carbons (Fsp3) is 0.370. The third kappa shape index (κ3) is 6.37. The van der Waals surface area contributed by atoms with Gasteiger partial charge in [-0.05, 0) is 42.3 Å². The van der Waals surface area contributed by atoms with E-state index >= 15 is 0 Å². The summed E-state index contributed by atoms with van der Waals surface area (Å²) in [7, 11) is 0. The molecule has 2 N–H and O–H groups in total. The maximum absolute atomic E-state index is 13.7. The van der Waals surface area contributed by atoms with E-state index in [4.69, 9.17) is 4.74 Å². The van der Waals surface area contributed by atoms with Crippen molar-refractivity contribution < 1.29 is 17.9 Å². The van der Waals surface area contributed by atoms with E-state index in [9.17, 15) is 13.2 Å². The van der Waals surface area contributed by atoms with Crippen molar-refractivity contribution in [1.29, 1.82) is 0 Å². The Balaban J connectivity index is 0.00000156. The van der Waals surface area contributed by atoms with Gasteiger partial charge in [-0.15, -0.1) is 0 Å². The molecular weight excluding hydrogens is 481 g/mol. The quantitative estimate of drug-likeness (QED) is 0.341. The number of morpholine rings is 1. The van der Waals surface area contributed by atoms with E-state index in [1.807, 2.05) is 26.8 Å². The summed E-state index contributed by atoms with van der Waals surface area (Å²) in [5.74, 6) is 0.844. The minimum absolute atomic E-state index is 0.253. The van der Waals surface area contributed by atoms with Crippen LogP contribution in [-0.4, -0.2) is 58.5 Å². The van der Waals surface area contributed by atoms with Gasteiger partial charge in [0, 0.05) is 42.8 Å². The van der Waals surface area contributed by atoms with E-state index in [2.05, 4.69) is 30.2 Å². The first-order chi connectivity index (χ1) is 17.9. The standard InChI is InChI=1S/C25H25F3N6O.C2H6/c1-16-2-5-19(29-14-16)12-22(25(26,27)28)32-18-6-3-17(4-7-18)21-13-20-23(33-21)30-15-31-24(20)34-8-10-35-11-9-34;1-2/h2-7,13-15,22,32H,8-12H2,1H3,(H,30,31,33);1-2H3. The number of ether oxygens (including phenoxy) is 1. The molecule has 0 radical (unpaired) electrons. The first-order valence-electron chi connectivity index (χ1n) is 12.4. The van der Waals surface area contributed by atoms with Gasteiger partial charge in [0.2, 0.25) is 0 Å². The molecule has 0 aliphatic carbocycles. The number of aryl methyl sites for hydroxylation is 1. The number of aromatic amines is 1. The van der Waals surface area contributed by atoms with Crippen LogP contribution in [0.15, 0.2) is 55.0 Å². The fourth-order valence-electron chi connectivity index (χ4n) is 4.13. The summed E-state index contributed by atoms with van der Waals surface area (Å²) in [6.07, 6.45) is -1.57. The van der Waals surface area contributed by atoms with Gasteiger partial charge in [0.25, 0.3) is 0 Å². The van der Waals surface area contributed by atoms with Gasteiger partial charge in [0.05, 0.1) is 18.6 Å². The number of rotatable bonds is 6. The Bertz CT molecular complexity index is 1280. The number of aromatic nitrogens is 4. The monoisotopic (exact) mass is 512 g/mol. The number of hydrogen-bond acceptors (Lipinski definition) is 6. The third-order valence-corrected chi connectivity index (χ3v) is 6.03. The molecule has 5 rings (SSSR count). The van der Waals surface area contributed by atoms with Gasteiger partial charge < -0.3 is 19.9 Å². The fourth-order valence-corrected chi connectivity index (χ4v) is 4.13. The van der Waals surface area contributed by atoms with Crippen molar-refractivity contribution in [2.24, 2.45) is 0 Å². The van der Waals surface area contributed by atoms with E-state index in [1.165, 1.54) is 6.33 Å². The second-order valence-corrected chi connectivity index (χ2v) is 8.59. The molecule has 1 aliphatic heterocycles. The van der Waals surface area contributed by atoms with Crippen molar-refractivity contribution in [1.82, 2.24) is 19.9 Å². The van der Waals surface area contributed by atoms with Crippen molar-refractivity contribution >= 4 is 22.5 Å². The van der Waals surface area contributed by atoms with Gasteiger partial charge in [-0.2, -0.15) is 13.2 Å². The molecule has 10 heteroatoms. The number of nitrogens with one attached hydrogen (secondary N) is 2. The van der Waals surface area contributed by atoms with Gasteiger partial charge in [0.15, 0.2) is 0 Å². The summed E-state index contributed by atoms with van der Waals surface area (Å²) >= 11 is 0. The highest BCUT2D eigenvalue weighted by Gasteiger charge is 2.40. The number of hydrogen-bond donors (Lipinski definition) is 2. The molecule has 4 aromatic rings. The van der Waals surface area contributed by atoms with E-state index in [-0.39, 0.29) is 6.42 Å². The van der Waals surface area contributed by atoms with Gasteiger partial charge in [0.1, 0.15) is 23.8 Å². The van der Waals surface area contributed by atoms with Gasteiger partial charge >= 0.3 is 6.18 Å². The van der Waals surface area contributed by atoms with Crippen LogP contribution in [0.5, 0.6) is 0 Å². The molecule has 1 aromatic carbocycles. The largest absolute Gasteiger partial charge is 0.408 e. The molecular formula is C27H31F3N6O. The third-order valence-electron chi connectivity index (χ3n) is 6.03. The van der Waals surface area contributed by atoms with Crippen molar-refractivity contribution in [2.45, 2.75) is 39.4 Å². The van der Waals surface area contributed by atoms with E-state index in [1.54, 1.807) is 42.6 Å². The number of anilines is 2. The van der Waals surface area contributed by atoms with Crippen LogP contribution in [0.4, 0.5) is 24.7 Å². The second-order valence-electron chi connectivity index (χ2n) is 8.59. The van der Waals surface area contributed by atoms with Gasteiger partial charge in [-0.1, -0.05) is 32.0 Å². The number of H-pyrrole nitrogens is 1. The minimum Gasteiger partial charge on any atom is -0.378 e. The van der Waals surface area contributed by atoms with E-state index in [0.29, 0.717) is 30.2 Å². The smallest absolute Gasteiger partial charge is 0.378 e. The van der Waals surface area contributed by atoms with Crippen LogP contribution in [0.25, 0.3) is 22.3 Å². The van der Waals surface area contributed by atoms with Crippen molar-refractivity contribution in [3.63, 3.8) is 0 Å². The number of benzene rings is 1. The van der Waals surface area contributed by atoms with E-state index in [0.717, 1.165) is 41.1 Å². The van der Waals surface area contributed by atoms with Gasteiger partial charge in [-0.25, -0.2) is 9.97 Å². The average Bonchev–Trinajstić information content (AvgIpc) is 3.36. The summed E-state index contributed by atoms with van der Waals surface area (Å²) < 4.78 is 46.5. The maximum atomic E-state index is 13.7. The lowest BCUT2D eigenvalue weighted by Gasteiger charge is -2.27. The summed E-state index contributed by atoms with van der Waals surface area (Å²) in [6.45, 7) is 8.66. The summed E-state index contributed by atoms with van der Waals surface area (Å²) in [6, 6.07) is 10.5.